The van der Waals surface area contributed by atoms with Gasteiger partial charge in [0.15, 0.2) is 9.84 Å². The van der Waals surface area contributed by atoms with Crippen molar-refractivity contribution in [2.75, 3.05) is 46.2 Å². The zero-order valence-electron chi connectivity index (χ0n) is 14.8. The van der Waals surface area contributed by atoms with Crippen molar-refractivity contribution in [1.29, 1.82) is 0 Å². The summed E-state index contributed by atoms with van der Waals surface area (Å²) < 4.78 is 28.1. The van der Waals surface area contributed by atoms with E-state index in [9.17, 15) is 18.0 Å². The van der Waals surface area contributed by atoms with Crippen molar-refractivity contribution >= 4 is 34.1 Å². The lowest BCUT2D eigenvalue weighted by molar-refractivity contribution is -0.135. The number of rotatable bonds is 5. The summed E-state index contributed by atoms with van der Waals surface area (Å²) >= 11 is 0. The van der Waals surface area contributed by atoms with Crippen molar-refractivity contribution in [3.63, 3.8) is 0 Å². The normalized spacial score (nSPS) is 16.0. The third-order valence-corrected chi connectivity index (χ3v) is 5.16. The number of piperazine rings is 1. The van der Waals surface area contributed by atoms with Crippen LogP contribution in [-0.2, 0) is 19.4 Å². The molecule has 0 aromatic heterocycles. The van der Waals surface area contributed by atoms with E-state index in [1.807, 2.05) is 0 Å². The van der Waals surface area contributed by atoms with Crippen LogP contribution >= 0.6 is 12.4 Å². The number of benzene rings is 1. The molecule has 1 aliphatic heterocycles. The number of hydrogen-bond acceptors (Lipinski definition) is 6. The van der Waals surface area contributed by atoms with E-state index in [0.717, 1.165) is 6.26 Å². The molecule has 1 fully saturated rings. The second-order valence-corrected chi connectivity index (χ2v) is 8.00. The Hall–Kier alpha value is -1.68. The number of nitrogens with two attached hydrogens (primary N) is 1. The zero-order valence-corrected chi connectivity index (χ0v) is 16.4. The highest BCUT2D eigenvalue weighted by Gasteiger charge is 2.27. The maximum atomic E-state index is 12.6. The van der Waals surface area contributed by atoms with Crippen LogP contribution in [0.1, 0.15) is 10.4 Å². The van der Waals surface area contributed by atoms with Crippen LogP contribution in [0.15, 0.2) is 29.2 Å². The number of carbonyl (C=O) groups is 2. The van der Waals surface area contributed by atoms with Gasteiger partial charge in [-0.2, -0.15) is 0 Å². The molecule has 10 heteroatoms. The number of hydrogen-bond donors (Lipinski definition) is 1. The first-order valence-electron chi connectivity index (χ1n) is 7.86. The smallest absolute Gasteiger partial charge is 0.254 e. The lowest BCUT2D eigenvalue weighted by Crippen LogP contribution is -2.55. The van der Waals surface area contributed by atoms with Crippen molar-refractivity contribution in [3.05, 3.63) is 29.8 Å². The molecule has 0 spiro atoms. The van der Waals surface area contributed by atoms with E-state index in [1.165, 1.54) is 19.2 Å². The molecule has 1 saturated heterocycles. The first kappa shape index (κ1) is 22.4. The van der Waals surface area contributed by atoms with Crippen LogP contribution < -0.4 is 5.73 Å². The van der Waals surface area contributed by atoms with E-state index in [4.69, 9.17) is 10.5 Å². The highest BCUT2D eigenvalue weighted by molar-refractivity contribution is 7.90. The van der Waals surface area contributed by atoms with Gasteiger partial charge in [-0.25, -0.2) is 8.42 Å². The number of nitrogens with zero attached hydrogens (tertiary/aromatic N) is 2. The number of amides is 2. The molecular formula is C16H24ClN3O5S. The molecule has 0 bridgehead atoms. The molecule has 1 aliphatic rings. The average Bonchev–Trinajstić information content (AvgIpc) is 2.60. The van der Waals surface area contributed by atoms with Gasteiger partial charge in [-0.15, -0.1) is 12.4 Å². The Balaban J connectivity index is 0.00000338. The van der Waals surface area contributed by atoms with E-state index >= 15 is 0 Å². The van der Waals surface area contributed by atoms with E-state index in [2.05, 4.69) is 0 Å². The fourth-order valence-electron chi connectivity index (χ4n) is 2.66. The highest BCUT2D eigenvalue weighted by Crippen LogP contribution is 2.15. The summed E-state index contributed by atoms with van der Waals surface area (Å²) in [6, 6.07) is 5.26. The molecule has 26 heavy (non-hydrogen) atoms. The minimum absolute atomic E-state index is 0. The SMILES string of the molecule is COCC(N)C(=O)N1CCN(C(=O)c2cccc(S(C)(=O)=O)c2)CC1.Cl. The summed E-state index contributed by atoms with van der Waals surface area (Å²) in [6.45, 7) is 1.65. The third kappa shape index (κ3) is 5.41. The van der Waals surface area contributed by atoms with Crippen LogP contribution in [0, 0.1) is 0 Å². The highest BCUT2D eigenvalue weighted by atomic mass is 35.5. The van der Waals surface area contributed by atoms with Crippen molar-refractivity contribution in [1.82, 2.24) is 9.80 Å². The average molecular weight is 406 g/mol. The zero-order chi connectivity index (χ0) is 18.6. The van der Waals surface area contributed by atoms with Gasteiger partial charge in [0.1, 0.15) is 6.04 Å². The third-order valence-electron chi connectivity index (χ3n) is 4.05. The predicted molar refractivity (Wildman–Crippen MR) is 99.1 cm³/mol. The first-order chi connectivity index (χ1) is 11.7. The second-order valence-electron chi connectivity index (χ2n) is 5.98. The van der Waals surface area contributed by atoms with Crippen LogP contribution in [0.25, 0.3) is 0 Å². The summed E-state index contributed by atoms with van der Waals surface area (Å²) in [4.78, 5) is 28.0. The lowest BCUT2D eigenvalue weighted by atomic mass is 10.1. The molecule has 2 amide bonds. The number of ether oxygens (including phenoxy) is 1. The summed E-state index contributed by atoms with van der Waals surface area (Å²) in [5.74, 6) is -0.452. The molecule has 2 rings (SSSR count). The van der Waals surface area contributed by atoms with Gasteiger partial charge in [0.05, 0.1) is 11.5 Å². The van der Waals surface area contributed by atoms with Gasteiger partial charge in [-0.3, -0.25) is 9.59 Å². The van der Waals surface area contributed by atoms with Gasteiger partial charge in [-0.1, -0.05) is 6.07 Å². The minimum Gasteiger partial charge on any atom is -0.383 e. The second kappa shape index (κ2) is 9.31. The molecular weight excluding hydrogens is 382 g/mol. The summed E-state index contributed by atoms with van der Waals surface area (Å²) in [6.07, 6.45) is 1.10. The summed E-state index contributed by atoms with van der Waals surface area (Å²) in [5, 5.41) is 0. The van der Waals surface area contributed by atoms with Crippen LogP contribution in [0.4, 0.5) is 0 Å². The predicted octanol–water partition coefficient (Wildman–Crippen LogP) is -0.230. The maximum Gasteiger partial charge on any atom is 0.254 e. The number of halogens is 1. The van der Waals surface area contributed by atoms with Gasteiger partial charge in [0, 0.05) is 45.1 Å². The van der Waals surface area contributed by atoms with Crippen molar-refractivity contribution in [2.24, 2.45) is 5.73 Å². The molecule has 0 aliphatic carbocycles. The summed E-state index contributed by atoms with van der Waals surface area (Å²) in [7, 11) is -1.89. The Morgan fingerprint density at radius 2 is 1.77 bits per heavy atom. The Morgan fingerprint density at radius 1 is 1.19 bits per heavy atom. The van der Waals surface area contributed by atoms with E-state index < -0.39 is 15.9 Å². The van der Waals surface area contributed by atoms with E-state index in [0.29, 0.717) is 31.7 Å². The minimum atomic E-state index is -3.37. The van der Waals surface area contributed by atoms with Crippen LogP contribution in [0.2, 0.25) is 0 Å². The van der Waals surface area contributed by atoms with Crippen LogP contribution in [0.5, 0.6) is 0 Å². The van der Waals surface area contributed by atoms with Gasteiger partial charge in [0.25, 0.3) is 5.91 Å². The van der Waals surface area contributed by atoms with Crippen molar-refractivity contribution < 1.29 is 22.7 Å². The Kier molecular flexibility index (Phi) is 8.01. The number of carbonyl (C=O) groups excluding carboxylic acids is 2. The Bertz CT molecular complexity index is 748. The quantitative estimate of drug-likeness (QED) is 0.724. The molecule has 1 aromatic carbocycles. The number of sulfone groups is 1. The van der Waals surface area contributed by atoms with Crippen LogP contribution in [-0.4, -0.2) is 82.2 Å². The standard InChI is InChI=1S/C16H23N3O5S.ClH/c1-24-11-14(17)16(21)19-8-6-18(7-9-19)15(20)12-4-3-5-13(10-12)25(2,22)23;/h3-5,10,14H,6-9,11,17H2,1-2H3;1H. The maximum absolute atomic E-state index is 12.6. The van der Waals surface area contributed by atoms with Gasteiger partial charge in [0.2, 0.25) is 5.91 Å². The molecule has 1 atom stereocenters. The van der Waals surface area contributed by atoms with Gasteiger partial charge in [-0.05, 0) is 18.2 Å². The van der Waals surface area contributed by atoms with E-state index in [-0.39, 0.29) is 35.7 Å². The summed E-state index contributed by atoms with van der Waals surface area (Å²) in [5.41, 5.74) is 6.07. The fourth-order valence-corrected chi connectivity index (χ4v) is 3.32. The molecule has 0 saturated carbocycles. The van der Waals surface area contributed by atoms with Crippen LogP contribution in [0.3, 0.4) is 0 Å². The molecule has 2 N–H and O–H groups in total. The Morgan fingerprint density at radius 3 is 2.31 bits per heavy atom. The first-order valence-corrected chi connectivity index (χ1v) is 9.76. The van der Waals surface area contributed by atoms with Gasteiger partial charge < -0.3 is 20.3 Å². The molecule has 1 heterocycles. The molecule has 0 radical (unpaired) electrons. The fraction of sp³-hybridized carbons (Fsp3) is 0.500. The van der Waals surface area contributed by atoms with Gasteiger partial charge >= 0.3 is 0 Å². The lowest BCUT2D eigenvalue weighted by Gasteiger charge is -2.35. The van der Waals surface area contributed by atoms with Crippen molar-refractivity contribution in [2.45, 2.75) is 10.9 Å². The van der Waals surface area contributed by atoms with Crippen molar-refractivity contribution in [3.8, 4) is 0 Å². The monoisotopic (exact) mass is 405 g/mol. The Labute approximate surface area is 159 Å². The molecule has 1 unspecified atom stereocenters. The largest absolute Gasteiger partial charge is 0.383 e. The molecule has 1 aromatic rings. The number of methoxy groups -OCH3 is 1. The molecule has 146 valence electrons. The topological polar surface area (TPSA) is 110 Å². The van der Waals surface area contributed by atoms with E-state index in [1.54, 1.807) is 21.9 Å². The molecule has 8 nitrogen and oxygen atoms in total.